The molecule has 0 aliphatic carbocycles. The quantitative estimate of drug-likeness (QED) is 0.457. The fraction of sp³-hybridized carbons (Fsp3) is 0.778. The Morgan fingerprint density at radius 3 is 2.70 bits per heavy atom. The molecular formula is C9H17N. The number of nitrogens with two attached hydrogens (primary N) is 1. The van der Waals surface area contributed by atoms with Gasteiger partial charge in [-0.2, -0.15) is 0 Å². The Labute approximate surface area is 64.0 Å². The third-order valence-corrected chi connectivity index (χ3v) is 1.56. The Morgan fingerprint density at radius 2 is 2.20 bits per heavy atom. The van der Waals surface area contributed by atoms with Crippen LogP contribution < -0.4 is 5.73 Å². The molecule has 0 heterocycles. The van der Waals surface area contributed by atoms with Crippen molar-refractivity contribution in [2.24, 2.45) is 5.73 Å². The van der Waals surface area contributed by atoms with Gasteiger partial charge in [-0.05, 0) is 6.42 Å². The normalized spacial score (nSPS) is 12.5. The van der Waals surface area contributed by atoms with E-state index in [1.165, 1.54) is 19.3 Å². The second-order valence-electron chi connectivity index (χ2n) is 2.66. The topological polar surface area (TPSA) is 26.0 Å². The van der Waals surface area contributed by atoms with E-state index in [9.17, 15) is 0 Å². The Bertz CT molecular complexity index is 102. The van der Waals surface area contributed by atoms with Gasteiger partial charge in [0.05, 0.1) is 0 Å². The maximum atomic E-state index is 5.68. The maximum absolute atomic E-state index is 5.68. The van der Waals surface area contributed by atoms with Gasteiger partial charge in [0.1, 0.15) is 0 Å². The molecule has 0 amide bonds. The molecule has 0 aliphatic heterocycles. The van der Waals surface area contributed by atoms with Gasteiger partial charge in [0.25, 0.3) is 0 Å². The first kappa shape index (κ1) is 9.52. The van der Waals surface area contributed by atoms with Crippen molar-refractivity contribution in [1.29, 1.82) is 0 Å². The lowest BCUT2D eigenvalue weighted by molar-refractivity contribution is 0.569. The molecule has 0 spiro atoms. The molecule has 0 rings (SSSR count). The second-order valence-corrected chi connectivity index (χ2v) is 2.66. The Kier molecular flexibility index (Phi) is 6.32. The number of unbranched alkanes of at least 4 members (excludes halogenated alkanes) is 2. The van der Waals surface area contributed by atoms with Gasteiger partial charge in [-0.15, -0.1) is 12.3 Å². The van der Waals surface area contributed by atoms with E-state index in [-0.39, 0.29) is 6.04 Å². The SMILES string of the molecule is C#CCC(N)CCCCC. The molecule has 0 aromatic carbocycles. The summed E-state index contributed by atoms with van der Waals surface area (Å²) in [5, 5.41) is 0. The first-order chi connectivity index (χ1) is 4.81. The standard InChI is InChI=1S/C9H17N/c1-3-5-6-8-9(10)7-4-2/h2,9H,3,5-8,10H2,1H3. The van der Waals surface area contributed by atoms with Crippen molar-refractivity contribution < 1.29 is 0 Å². The van der Waals surface area contributed by atoms with Gasteiger partial charge in [0.2, 0.25) is 0 Å². The Morgan fingerprint density at radius 1 is 1.50 bits per heavy atom. The predicted octanol–water partition coefficient (Wildman–Crippen LogP) is 1.92. The van der Waals surface area contributed by atoms with E-state index < -0.39 is 0 Å². The second kappa shape index (κ2) is 6.64. The minimum atomic E-state index is 0.233. The molecule has 0 saturated heterocycles. The largest absolute Gasteiger partial charge is 0.327 e. The van der Waals surface area contributed by atoms with Crippen LogP contribution in [0.1, 0.15) is 39.0 Å². The Balaban J connectivity index is 3.06. The molecule has 1 unspecified atom stereocenters. The third-order valence-electron chi connectivity index (χ3n) is 1.56. The van der Waals surface area contributed by atoms with Gasteiger partial charge in [-0.3, -0.25) is 0 Å². The van der Waals surface area contributed by atoms with E-state index in [1.807, 2.05) is 0 Å². The smallest absolute Gasteiger partial charge is 0.0238 e. The summed E-state index contributed by atoms with van der Waals surface area (Å²) in [6.07, 6.45) is 10.7. The molecule has 2 N–H and O–H groups in total. The highest BCUT2D eigenvalue weighted by Gasteiger charge is 1.97. The van der Waals surface area contributed by atoms with Crippen molar-refractivity contribution in [1.82, 2.24) is 0 Å². The first-order valence-electron chi connectivity index (χ1n) is 4.00. The highest BCUT2D eigenvalue weighted by Crippen LogP contribution is 2.03. The van der Waals surface area contributed by atoms with Gasteiger partial charge >= 0.3 is 0 Å². The third kappa shape index (κ3) is 5.65. The zero-order valence-electron chi connectivity index (χ0n) is 6.77. The summed E-state index contributed by atoms with van der Waals surface area (Å²) in [5.41, 5.74) is 5.68. The summed E-state index contributed by atoms with van der Waals surface area (Å²) >= 11 is 0. The summed E-state index contributed by atoms with van der Waals surface area (Å²) in [4.78, 5) is 0. The molecule has 1 heteroatoms. The van der Waals surface area contributed by atoms with Crippen molar-refractivity contribution in [2.75, 3.05) is 0 Å². The number of terminal acetylenes is 1. The summed E-state index contributed by atoms with van der Waals surface area (Å²) in [6, 6.07) is 0.233. The van der Waals surface area contributed by atoms with Crippen molar-refractivity contribution in [2.45, 2.75) is 45.1 Å². The molecule has 0 aromatic rings. The van der Waals surface area contributed by atoms with Crippen LogP contribution in [0.25, 0.3) is 0 Å². The van der Waals surface area contributed by atoms with E-state index in [4.69, 9.17) is 12.2 Å². The lowest BCUT2D eigenvalue weighted by Crippen LogP contribution is -2.18. The van der Waals surface area contributed by atoms with Gasteiger partial charge in [-0.25, -0.2) is 0 Å². The van der Waals surface area contributed by atoms with Crippen LogP contribution in [0, 0.1) is 12.3 Å². The number of rotatable bonds is 5. The summed E-state index contributed by atoms with van der Waals surface area (Å²) in [7, 11) is 0. The fourth-order valence-electron chi connectivity index (χ4n) is 0.910. The number of hydrogen-bond donors (Lipinski definition) is 1. The van der Waals surface area contributed by atoms with E-state index >= 15 is 0 Å². The molecule has 58 valence electrons. The van der Waals surface area contributed by atoms with E-state index in [2.05, 4.69) is 12.8 Å². The summed E-state index contributed by atoms with van der Waals surface area (Å²) in [6.45, 7) is 2.19. The van der Waals surface area contributed by atoms with Crippen LogP contribution in [0.5, 0.6) is 0 Å². The average molecular weight is 139 g/mol. The van der Waals surface area contributed by atoms with Gasteiger partial charge in [0.15, 0.2) is 0 Å². The molecule has 0 aromatic heterocycles. The molecule has 1 atom stereocenters. The van der Waals surface area contributed by atoms with Gasteiger partial charge < -0.3 is 5.73 Å². The fourth-order valence-corrected chi connectivity index (χ4v) is 0.910. The average Bonchev–Trinajstić information content (AvgIpc) is 1.89. The molecular weight excluding hydrogens is 122 g/mol. The minimum absolute atomic E-state index is 0.233. The number of hydrogen-bond acceptors (Lipinski definition) is 1. The predicted molar refractivity (Wildman–Crippen MR) is 45.6 cm³/mol. The van der Waals surface area contributed by atoms with Crippen LogP contribution in [0.15, 0.2) is 0 Å². The first-order valence-corrected chi connectivity index (χ1v) is 4.00. The van der Waals surface area contributed by atoms with Gasteiger partial charge in [-0.1, -0.05) is 26.2 Å². The lowest BCUT2D eigenvalue weighted by atomic mass is 10.1. The van der Waals surface area contributed by atoms with E-state index in [0.29, 0.717) is 0 Å². The van der Waals surface area contributed by atoms with Crippen LogP contribution in [-0.2, 0) is 0 Å². The molecule has 0 radical (unpaired) electrons. The van der Waals surface area contributed by atoms with E-state index in [0.717, 1.165) is 12.8 Å². The molecule has 10 heavy (non-hydrogen) atoms. The van der Waals surface area contributed by atoms with Crippen LogP contribution in [0.3, 0.4) is 0 Å². The van der Waals surface area contributed by atoms with Crippen LogP contribution in [0.4, 0.5) is 0 Å². The van der Waals surface area contributed by atoms with Crippen molar-refractivity contribution in [3.63, 3.8) is 0 Å². The highest BCUT2D eigenvalue weighted by molar-refractivity contribution is 4.88. The Hall–Kier alpha value is -0.480. The van der Waals surface area contributed by atoms with Gasteiger partial charge in [0, 0.05) is 12.5 Å². The monoisotopic (exact) mass is 139 g/mol. The van der Waals surface area contributed by atoms with Crippen molar-refractivity contribution in [3.05, 3.63) is 0 Å². The molecule has 0 bridgehead atoms. The molecule has 0 saturated carbocycles. The molecule has 0 fully saturated rings. The lowest BCUT2D eigenvalue weighted by Gasteiger charge is -2.05. The summed E-state index contributed by atoms with van der Waals surface area (Å²) < 4.78 is 0. The van der Waals surface area contributed by atoms with Crippen molar-refractivity contribution in [3.8, 4) is 12.3 Å². The van der Waals surface area contributed by atoms with Crippen molar-refractivity contribution >= 4 is 0 Å². The van der Waals surface area contributed by atoms with Crippen LogP contribution >= 0.6 is 0 Å². The highest BCUT2D eigenvalue weighted by atomic mass is 14.6. The minimum Gasteiger partial charge on any atom is -0.327 e. The molecule has 0 aliphatic rings. The zero-order chi connectivity index (χ0) is 7.82. The molecule has 1 nitrogen and oxygen atoms in total. The van der Waals surface area contributed by atoms with Crippen LogP contribution in [-0.4, -0.2) is 6.04 Å². The van der Waals surface area contributed by atoms with Crippen LogP contribution in [0.2, 0.25) is 0 Å². The maximum Gasteiger partial charge on any atom is 0.0238 e. The zero-order valence-corrected chi connectivity index (χ0v) is 6.77. The van der Waals surface area contributed by atoms with E-state index in [1.54, 1.807) is 0 Å². The summed E-state index contributed by atoms with van der Waals surface area (Å²) in [5.74, 6) is 2.57.